The van der Waals surface area contributed by atoms with Crippen molar-refractivity contribution in [3.8, 4) is 0 Å². The van der Waals surface area contributed by atoms with Crippen molar-refractivity contribution in [2.24, 2.45) is 0 Å². The van der Waals surface area contributed by atoms with Crippen LogP contribution in [0, 0.1) is 0 Å². The molecule has 2 aromatic rings. The Labute approximate surface area is 124 Å². The Morgan fingerprint density at radius 1 is 1.11 bits per heavy atom. The van der Waals surface area contributed by atoms with Gasteiger partial charge in [0.2, 0.25) is 0 Å². The molecule has 0 N–H and O–H groups in total. The standard InChI is InChI=1S/C15H16Cl2N2/c1-19(9-6-12-4-7-18-8-5-12)11-13-2-3-14(16)10-15(13)17/h2-5,7-8,10H,6,9,11H2,1H3. The van der Waals surface area contributed by atoms with Crippen molar-refractivity contribution in [1.29, 1.82) is 0 Å². The molecule has 0 atom stereocenters. The fourth-order valence-electron chi connectivity index (χ4n) is 1.89. The van der Waals surface area contributed by atoms with Crippen LogP contribution in [-0.4, -0.2) is 23.5 Å². The maximum absolute atomic E-state index is 6.17. The average molecular weight is 295 g/mol. The van der Waals surface area contributed by atoms with Gasteiger partial charge in [-0.15, -0.1) is 0 Å². The van der Waals surface area contributed by atoms with E-state index >= 15 is 0 Å². The summed E-state index contributed by atoms with van der Waals surface area (Å²) in [5.41, 5.74) is 2.40. The van der Waals surface area contributed by atoms with Crippen LogP contribution >= 0.6 is 23.2 Å². The Hall–Kier alpha value is -1.09. The largest absolute Gasteiger partial charge is 0.302 e. The molecule has 2 nitrogen and oxygen atoms in total. The van der Waals surface area contributed by atoms with Crippen LogP contribution in [0.3, 0.4) is 0 Å². The van der Waals surface area contributed by atoms with Crippen molar-refractivity contribution in [2.75, 3.05) is 13.6 Å². The van der Waals surface area contributed by atoms with Crippen LogP contribution in [0.5, 0.6) is 0 Å². The molecule has 0 radical (unpaired) electrons. The van der Waals surface area contributed by atoms with Crippen LogP contribution in [-0.2, 0) is 13.0 Å². The van der Waals surface area contributed by atoms with Crippen molar-refractivity contribution >= 4 is 23.2 Å². The predicted octanol–water partition coefficient (Wildman–Crippen LogP) is 4.06. The first-order chi connectivity index (χ1) is 9.15. The van der Waals surface area contributed by atoms with Gasteiger partial charge in [0, 0.05) is 35.5 Å². The minimum absolute atomic E-state index is 0.674. The highest BCUT2D eigenvalue weighted by molar-refractivity contribution is 6.35. The summed E-state index contributed by atoms with van der Waals surface area (Å²) in [6, 6.07) is 9.73. The van der Waals surface area contributed by atoms with Gasteiger partial charge in [0.15, 0.2) is 0 Å². The molecule has 4 heteroatoms. The third-order valence-electron chi connectivity index (χ3n) is 2.99. The Bertz CT molecular complexity index is 529. The van der Waals surface area contributed by atoms with E-state index in [-0.39, 0.29) is 0 Å². The van der Waals surface area contributed by atoms with Gasteiger partial charge in [0.05, 0.1) is 0 Å². The molecule has 0 unspecified atom stereocenters. The second-order valence-corrected chi connectivity index (χ2v) is 5.42. The molecule has 1 heterocycles. The minimum atomic E-state index is 0.674. The number of pyridine rings is 1. The van der Waals surface area contributed by atoms with Crippen molar-refractivity contribution in [3.63, 3.8) is 0 Å². The van der Waals surface area contributed by atoms with E-state index < -0.39 is 0 Å². The van der Waals surface area contributed by atoms with Crippen molar-refractivity contribution in [3.05, 3.63) is 63.9 Å². The highest BCUT2D eigenvalue weighted by Gasteiger charge is 2.05. The van der Waals surface area contributed by atoms with Crippen LogP contribution in [0.25, 0.3) is 0 Å². The zero-order valence-corrected chi connectivity index (χ0v) is 12.3. The number of benzene rings is 1. The summed E-state index contributed by atoms with van der Waals surface area (Å²) < 4.78 is 0. The summed E-state index contributed by atoms with van der Waals surface area (Å²) in [6.07, 6.45) is 4.65. The summed E-state index contributed by atoms with van der Waals surface area (Å²) >= 11 is 12.1. The molecule has 0 saturated heterocycles. The molecule has 0 aliphatic carbocycles. The van der Waals surface area contributed by atoms with Gasteiger partial charge < -0.3 is 4.90 Å². The average Bonchev–Trinajstić information content (AvgIpc) is 2.41. The van der Waals surface area contributed by atoms with E-state index in [4.69, 9.17) is 23.2 Å². The Kier molecular flexibility index (Phi) is 5.20. The number of likely N-dealkylation sites (N-methyl/N-ethyl adjacent to an activating group) is 1. The summed E-state index contributed by atoms with van der Waals surface area (Å²) in [5.74, 6) is 0. The molecule has 100 valence electrons. The van der Waals surface area contributed by atoms with Crippen LogP contribution < -0.4 is 0 Å². The number of nitrogens with zero attached hydrogens (tertiary/aromatic N) is 2. The molecule has 0 spiro atoms. The maximum atomic E-state index is 6.17. The number of hydrogen-bond donors (Lipinski definition) is 0. The minimum Gasteiger partial charge on any atom is -0.302 e. The fourth-order valence-corrected chi connectivity index (χ4v) is 2.36. The molecule has 0 fully saturated rings. The highest BCUT2D eigenvalue weighted by Crippen LogP contribution is 2.21. The quantitative estimate of drug-likeness (QED) is 0.827. The van der Waals surface area contributed by atoms with Gasteiger partial charge in [-0.3, -0.25) is 4.98 Å². The third-order valence-corrected chi connectivity index (χ3v) is 3.57. The molecule has 0 saturated carbocycles. The van der Waals surface area contributed by atoms with E-state index in [0.717, 1.165) is 30.1 Å². The fraction of sp³-hybridized carbons (Fsp3) is 0.267. The zero-order valence-electron chi connectivity index (χ0n) is 10.8. The molecule has 0 aliphatic rings. The van der Waals surface area contributed by atoms with Crippen molar-refractivity contribution in [1.82, 2.24) is 9.88 Å². The number of halogens is 2. The molecule has 0 aliphatic heterocycles. The maximum Gasteiger partial charge on any atom is 0.0465 e. The lowest BCUT2D eigenvalue weighted by molar-refractivity contribution is 0.331. The summed E-state index contributed by atoms with van der Waals surface area (Å²) in [6.45, 7) is 1.80. The predicted molar refractivity (Wildman–Crippen MR) is 80.7 cm³/mol. The first-order valence-corrected chi connectivity index (χ1v) is 6.92. The molecule has 1 aromatic heterocycles. The van der Waals surface area contributed by atoms with Crippen molar-refractivity contribution < 1.29 is 0 Å². The van der Waals surface area contributed by atoms with Gasteiger partial charge in [0.1, 0.15) is 0 Å². The van der Waals surface area contributed by atoms with Crippen LogP contribution in [0.15, 0.2) is 42.7 Å². The lowest BCUT2D eigenvalue weighted by Gasteiger charge is -2.17. The number of hydrogen-bond acceptors (Lipinski definition) is 2. The van der Waals surface area contributed by atoms with Crippen LogP contribution in [0.2, 0.25) is 10.0 Å². The van der Waals surface area contributed by atoms with E-state index in [0.29, 0.717) is 5.02 Å². The SMILES string of the molecule is CN(CCc1ccncc1)Cc1ccc(Cl)cc1Cl. The molecule has 2 rings (SSSR count). The second-order valence-electron chi connectivity index (χ2n) is 4.58. The molecular formula is C15H16Cl2N2. The third kappa shape index (κ3) is 4.50. The molecular weight excluding hydrogens is 279 g/mol. The van der Waals surface area contributed by atoms with E-state index in [1.54, 1.807) is 6.07 Å². The van der Waals surface area contributed by atoms with Crippen molar-refractivity contribution in [2.45, 2.75) is 13.0 Å². The van der Waals surface area contributed by atoms with Gasteiger partial charge in [-0.05, 0) is 48.9 Å². The van der Waals surface area contributed by atoms with Gasteiger partial charge in [-0.2, -0.15) is 0 Å². The van der Waals surface area contributed by atoms with Gasteiger partial charge in [0.25, 0.3) is 0 Å². The molecule has 19 heavy (non-hydrogen) atoms. The summed E-state index contributed by atoms with van der Waals surface area (Å²) in [7, 11) is 2.09. The first-order valence-electron chi connectivity index (χ1n) is 6.16. The lowest BCUT2D eigenvalue weighted by atomic mass is 10.1. The zero-order chi connectivity index (χ0) is 13.7. The summed E-state index contributed by atoms with van der Waals surface area (Å²) in [5, 5.41) is 1.40. The highest BCUT2D eigenvalue weighted by atomic mass is 35.5. The monoisotopic (exact) mass is 294 g/mol. The topological polar surface area (TPSA) is 16.1 Å². The van der Waals surface area contributed by atoms with E-state index in [2.05, 4.69) is 16.9 Å². The summed E-state index contributed by atoms with van der Waals surface area (Å²) in [4.78, 5) is 6.26. The van der Waals surface area contributed by atoms with Gasteiger partial charge in [-0.1, -0.05) is 29.3 Å². The Morgan fingerprint density at radius 2 is 1.84 bits per heavy atom. The molecule has 1 aromatic carbocycles. The Balaban J connectivity index is 1.89. The van der Waals surface area contributed by atoms with E-state index in [9.17, 15) is 0 Å². The number of rotatable bonds is 5. The second kappa shape index (κ2) is 6.90. The molecule has 0 bridgehead atoms. The Morgan fingerprint density at radius 3 is 2.53 bits per heavy atom. The van der Waals surface area contributed by atoms with E-state index in [1.165, 1.54) is 5.56 Å². The number of aromatic nitrogens is 1. The smallest absolute Gasteiger partial charge is 0.0465 e. The van der Waals surface area contributed by atoms with Gasteiger partial charge >= 0.3 is 0 Å². The normalized spacial score (nSPS) is 10.9. The first kappa shape index (κ1) is 14.3. The van der Waals surface area contributed by atoms with Gasteiger partial charge in [-0.25, -0.2) is 0 Å². The van der Waals surface area contributed by atoms with Crippen LogP contribution in [0.1, 0.15) is 11.1 Å². The molecule has 0 amide bonds. The van der Waals surface area contributed by atoms with E-state index in [1.807, 2.05) is 36.7 Å². The van der Waals surface area contributed by atoms with Crippen LogP contribution in [0.4, 0.5) is 0 Å². The lowest BCUT2D eigenvalue weighted by Crippen LogP contribution is -2.20.